The molecule has 0 aliphatic carbocycles. The zero-order valence-electron chi connectivity index (χ0n) is 7.43. The van der Waals surface area contributed by atoms with Crippen molar-refractivity contribution < 1.29 is 18.3 Å². The first-order valence-corrected chi connectivity index (χ1v) is 5.28. The average Bonchev–Trinajstić information content (AvgIpc) is 2.15. The molecule has 1 aromatic rings. The van der Waals surface area contributed by atoms with Gasteiger partial charge in [0.05, 0.1) is 7.11 Å². The van der Waals surface area contributed by atoms with Crippen molar-refractivity contribution in [2.75, 3.05) is 7.11 Å². The van der Waals surface area contributed by atoms with Gasteiger partial charge in [-0.3, -0.25) is 0 Å². The lowest BCUT2D eigenvalue weighted by molar-refractivity contribution is 0.0586. The molecule has 0 spiro atoms. The second-order valence-electron chi connectivity index (χ2n) is 2.48. The fraction of sp³-hybridized carbons (Fsp3) is 0.250. The van der Waals surface area contributed by atoms with Crippen molar-refractivity contribution in [2.24, 2.45) is 0 Å². The van der Waals surface area contributed by atoms with Crippen molar-refractivity contribution in [3.05, 3.63) is 26.4 Å². The highest BCUT2D eigenvalue weighted by Gasteiger charge is 2.24. The number of nitrogens with zero attached hydrogens (tertiary/aromatic N) is 1. The number of carbonyl (C=O) groups excluding carboxylic acids is 1. The summed E-state index contributed by atoms with van der Waals surface area (Å²) in [6.07, 6.45) is -2.84. The molecule has 15 heavy (non-hydrogen) atoms. The highest BCUT2D eigenvalue weighted by Crippen LogP contribution is 2.29. The number of carbonyl (C=O) groups is 1. The Morgan fingerprint density at radius 3 is 2.60 bits per heavy atom. The van der Waals surface area contributed by atoms with Gasteiger partial charge in [-0.15, -0.1) is 0 Å². The molecule has 0 bridgehead atoms. The third-order valence-corrected chi connectivity index (χ3v) is 2.60. The first kappa shape index (κ1) is 12.5. The highest BCUT2D eigenvalue weighted by molar-refractivity contribution is 9.11. The van der Waals surface area contributed by atoms with Crippen molar-refractivity contribution in [1.82, 2.24) is 4.98 Å². The van der Waals surface area contributed by atoms with Gasteiger partial charge in [0, 0.05) is 4.47 Å². The molecule has 0 aromatic carbocycles. The van der Waals surface area contributed by atoms with Crippen LogP contribution in [-0.4, -0.2) is 18.1 Å². The summed E-state index contributed by atoms with van der Waals surface area (Å²) >= 11 is 5.96. The summed E-state index contributed by atoms with van der Waals surface area (Å²) < 4.78 is 30.0. The first-order valence-electron chi connectivity index (χ1n) is 3.69. The molecule has 3 nitrogen and oxygen atoms in total. The summed E-state index contributed by atoms with van der Waals surface area (Å²) in [5, 5.41) is 0. The number of alkyl halides is 2. The van der Waals surface area contributed by atoms with Crippen LogP contribution in [0, 0.1) is 0 Å². The molecule has 0 saturated heterocycles. The minimum atomic E-state index is -2.84. The smallest absolute Gasteiger partial charge is 0.341 e. The van der Waals surface area contributed by atoms with E-state index in [4.69, 9.17) is 0 Å². The van der Waals surface area contributed by atoms with Crippen molar-refractivity contribution in [1.29, 1.82) is 0 Å². The Balaban J connectivity index is 3.40. The Morgan fingerprint density at radius 2 is 2.13 bits per heavy atom. The molecule has 1 rings (SSSR count). The van der Waals surface area contributed by atoms with Crippen LogP contribution in [0.3, 0.4) is 0 Å². The van der Waals surface area contributed by atoms with Crippen molar-refractivity contribution in [3.8, 4) is 0 Å². The number of ether oxygens (including phenoxy) is 1. The molecule has 0 fully saturated rings. The Morgan fingerprint density at radius 1 is 1.53 bits per heavy atom. The number of aromatic nitrogens is 1. The van der Waals surface area contributed by atoms with Gasteiger partial charge in [-0.1, -0.05) is 0 Å². The van der Waals surface area contributed by atoms with Crippen molar-refractivity contribution in [2.45, 2.75) is 6.43 Å². The van der Waals surface area contributed by atoms with Gasteiger partial charge in [-0.05, 0) is 37.9 Å². The van der Waals surface area contributed by atoms with Crippen LogP contribution in [0.25, 0.3) is 0 Å². The third kappa shape index (κ3) is 2.72. The van der Waals surface area contributed by atoms with Gasteiger partial charge in [0.1, 0.15) is 15.9 Å². The molecule has 0 aliphatic rings. The van der Waals surface area contributed by atoms with E-state index in [1.807, 2.05) is 0 Å². The highest BCUT2D eigenvalue weighted by atomic mass is 79.9. The second kappa shape index (κ2) is 4.98. The van der Waals surface area contributed by atoms with Gasteiger partial charge in [-0.2, -0.15) is 0 Å². The molecular formula is C8H5Br2F2NO2. The molecule has 1 heterocycles. The van der Waals surface area contributed by atoms with Crippen LogP contribution in [0.5, 0.6) is 0 Å². The van der Waals surface area contributed by atoms with E-state index in [0.717, 1.165) is 7.11 Å². The minimum absolute atomic E-state index is 0.214. The van der Waals surface area contributed by atoms with Gasteiger partial charge in [0.2, 0.25) is 0 Å². The van der Waals surface area contributed by atoms with Gasteiger partial charge < -0.3 is 4.74 Å². The van der Waals surface area contributed by atoms with E-state index >= 15 is 0 Å². The molecule has 1 aromatic heterocycles. The molecule has 0 radical (unpaired) electrons. The maximum Gasteiger partial charge on any atom is 0.341 e. The standard InChI is InChI=1S/C8H5Br2F2NO2/c1-15-8(14)5-3(9)2-4(10)13-6(5)7(11)12/h2,7H,1H3. The van der Waals surface area contributed by atoms with Crippen LogP contribution in [0.1, 0.15) is 22.5 Å². The van der Waals surface area contributed by atoms with Gasteiger partial charge in [-0.25, -0.2) is 18.6 Å². The molecule has 0 unspecified atom stereocenters. The number of methoxy groups -OCH3 is 1. The quantitative estimate of drug-likeness (QED) is 0.610. The van der Waals surface area contributed by atoms with Crippen LogP contribution in [0.4, 0.5) is 8.78 Å². The number of hydrogen-bond donors (Lipinski definition) is 0. The molecule has 7 heteroatoms. The van der Waals surface area contributed by atoms with E-state index in [2.05, 4.69) is 41.6 Å². The molecule has 0 N–H and O–H groups in total. The summed E-state index contributed by atoms with van der Waals surface area (Å²) in [4.78, 5) is 14.8. The predicted octanol–water partition coefficient (Wildman–Crippen LogP) is 3.33. The van der Waals surface area contributed by atoms with Crippen LogP contribution >= 0.6 is 31.9 Å². The number of rotatable bonds is 2. The number of hydrogen-bond acceptors (Lipinski definition) is 3. The molecule has 82 valence electrons. The lowest BCUT2D eigenvalue weighted by Gasteiger charge is -2.08. The zero-order valence-corrected chi connectivity index (χ0v) is 10.6. The van der Waals surface area contributed by atoms with Gasteiger partial charge in [0.25, 0.3) is 6.43 Å². The Hall–Kier alpha value is -0.560. The number of halogens is 4. The average molecular weight is 345 g/mol. The van der Waals surface area contributed by atoms with E-state index in [-0.39, 0.29) is 14.6 Å². The topological polar surface area (TPSA) is 39.2 Å². The Bertz CT molecular complexity index is 398. The normalized spacial score (nSPS) is 10.5. The summed E-state index contributed by atoms with van der Waals surface area (Å²) in [7, 11) is 1.12. The van der Waals surface area contributed by atoms with Gasteiger partial charge in [0.15, 0.2) is 0 Å². The van der Waals surface area contributed by atoms with E-state index in [1.54, 1.807) is 0 Å². The van der Waals surface area contributed by atoms with E-state index in [9.17, 15) is 13.6 Å². The molecule has 0 aliphatic heterocycles. The zero-order chi connectivity index (χ0) is 11.6. The number of pyridine rings is 1. The van der Waals surface area contributed by atoms with Crippen molar-refractivity contribution in [3.63, 3.8) is 0 Å². The van der Waals surface area contributed by atoms with Crippen molar-refractivity contribution >= 4 is 37.8 Å². The lowest BCUT2D eigenvalue weighted by Crippen LogP contribution is -2.09. The summed E-state index contributed by atoms with van der Waals surface area (Å²) in [6.45, 7) is 0. The number of esters is 1. The SMILES string of the molecule is COC(=O)c1c(Br)cc(Br)nc1C(F)F. The van der Waals surface area contributed by atoms with E-state index < -0.39 is 18.1 Å². The van der Waals surface area contributed by atoms with Gasteiger partial charge >= 0.3 is 5.97 Å². The Kier molecular flexibility index (Phi) is 4.15. The van der Waals surface area contributed by atoms with Crippen LogP contribution in [0.2, 0.25) is 0 Å². The molecule has 0 amide bonds. The fourth-order valence-electron chi connectivity index (χ4n) is 0.964. The summed E-state index contributed by atoms with van der Waals surface area (Å²) in [5.74, 6) is -0.850. The third-order valence-electron chi connectivity index (χ3n) is 1.56. The maximum atomic E-state index is 12.6. The Labute approximate surface area is 101 Å². The first-order chi connectivity index (χ1) is 6.97. The maximum absolute atomic E-state index is 12.6. The van der Waals surface area contributed by atoms with Crippen LogP contribution < -0.4 is 0 Å². The summed E-state index contributed by atoms with van der Waals surface area (Å²) in [6, 6.07) is 1.40. The predicted molar refractivity (Wildman–Crippen MR) is 55.9 cm³/mol. The minimum Gasteiger partial charge on any atom is -0.465 e. The van der Waals surface area contributed by atoms with Crippen LogP contribution in [0.15, 0.2) is 15.1 Å². The molecular weight excluding hydrogens is 340 g/mol. The summed E-state index contributed by atoms with van der Waals surface area (Å²) in [5.41, 5.74) is -0.862. The van der Waals surface area contributed by atoms with E-state index in [0.29, 0.717) is 0 Å². The fourth-order valence-corrected chi connectivity index (χ4v) is 2.27. The monoisotopic (exact) mass is 343 g/mol. The second-order valence-corrected chi connectivity index (χ2v) is 4.15. The largest absolute Gasteiger partial charge is 0.465 e. The molecule has 0 saturated carbocycles. The molecule has 0 atom stereocenters. The lowest BCUT2D eigenvalue weighted by atomic mass is 10.2. The van der Waals surface area contributed by atoms with E-state index in [1.165, 1.54) is 6.07 Å². The van der Waals surface area contributed by atoms with Crippen LogP contribution in [-0.2, 0) is 4.74 Å².